The van der Waals surface area contributed by atoms with Gasteiger partial charge in [0.15, 0.2) is 11.5 Å². The molecule has 1 heterocycles. The Morgan fingerprint density at radius 1 is 0.935 bits per heavy atom. The Labute approximate surface area is 228 Å². The number of rotatable bonds is 7. The summed E-state index contributed by atoms with van der Waals surface area (Å²) in [7, 11) is -0.747. The van der Waals surface area contributed by atoms with Crippen molar-refractivity contribution in [2.24, 2.45) is 0 Å². The largest absolute Gasteiger partial charge is 1.00 e. The van der Waals surface area contributed by atoms with Gasteiger partial charge in [0.25, 0.3) is 0 Å². The maximum atomic E-state index is 11.2. The fourth-order valence-electron chi connectivity index (χ4n) is 2.98. The molecule has 154 valence electrons. The van der Waals surface area contributed by atoms with Crippen LogP contribution in [0.3, 0.4) is 0 Å². The molecule has 0 unspecified atom stereocenters. The predicted octanol–water partition coefficient (Wildman–Crippen LogP) is -2.97. The number of aromatic nitrogens is 1. The quantitative estimate of drug-likeness (QED) is 0.260. The van der Waals surface area contributed by atoms with Crippen molar-refractivity contribution in [1.82, 2.24) is 4.37 Å². The third kappa shape index (κ3) is 6.71. The van der Waals surface area contributed by atoms with Crippen LogP contribution < -0.4 is 87.6 Å². The van der Waals surface area contributed by atoms with Crippen LogP contribution >= 0.6 is 19.4 Å². The average molecular weight is 481 g/mol. The van der Waals surface area contributed by atoms with Crippen LogP contribution in [0.5, 0.6) is 23.0 Å². The fourth-order valence-corrected chi connectivity index (χ4v) is 4.07. The van der Waals surface area contributed by atoms with Crippen LogP contribution in [0.15, 0.2) is 35.7 Å². The number of phosphoric acid groups is 1. The summed E-state index contributed by atoms with van der Waals surface area (Å²) in [4.78, 5) is 22.5. The third-order valence-electron chi connectivity index (χ3n) is 4.20. The first-order valence-electron chi connectivity index (χ1n) is 8.34. The van der Waals surface area contributed by atoms with Gasteiger partial charge in [-0.1, -0.05) is 0 Å². The van der Waals surface area contributed by atoms with Crippen LogP contribution in [0.2, 0.25) is 0 Å². The third-order valence-corrected chi connectivity index (χ3v) is 5.25. The van der Waals surface area contributed by atoms with E-state index in [1.165, 1.54) is 24.7 Å². The van der Waals surface area contributed by atoms with Crippen molar-refractivity contribution in [2.45, 2.75) is 6.92 Å². The first-order chi connectivity index (χ1) is 13.8. The first-order valence-corrected chi connectivity index (χ1v) is 10.6. The van der Waals surface area contributed by atoms with Crippen molar-refractivity contribution in [3.63, 3.8) is 0 Å². The molecule has 0 aliphatic heterocycles. The van der Waals surface area contributed by atoms with E-state index in [1.54, 1.807) is 37.8 Å². The Balaban J connectivity index is 0.00000240. The molecular formula is C19H18NNa2O7PS. The molecule has 0 fully saturated rings. The summed E-state index contributed by atoms with van der Waals surface area (Å²) < 4.78 is 36.3. The van der Waals surface area contributed by atoms with E-state index in [-0.39, 0.29) is 64.9 Å². The van der Waals surface area contributed by atoms with E-state index in [4.69, 9.17) is 18.7 Å². The van der Waals surface area contributed by atoms with Gasteiger partial charge >= 0.3 is 59.1 Å². The smallest absolute Gasteiger partial charge is 0.780 e. The maximum Gasteiger partial charge on any atom is 1.00 e. The molecule has 0 radical (unpaired) electrons. The molecule has 2 aromatic carbocycles. The number of benzene rings is 2. The Morgan fingerprint density at radius 3 is 2.23 bits per heavy atom. The standard InChI is InChI=1S/C19H20NO7PS.2Na/c1-11-7-12(8-17(25-3)19(11)26-4)18-15(10-29-20-18)14-6-5-13(24-2)9-16(14)27-28(21,22)23;;/h5-10H,1-4H3,(H2,21,22,23);;/q;2*+1/p-2. The number of hydrogen-bond acceptors (Lipinski definition) is 9. The Kier molecular flexibility index (Phi) is 11.1. The number of aryl methyl sites for hydroxylation is 1. The summed E-state index contributed by atoms with van der Waals surface area (Å²) in [5.74, 6) is 1.37. The molecule has 31 heavy (non-hydrogen) atoms. The maximum absolute atomic E-state index is 11.2. The molecule has 0 saturated heterocycles. The molecule has 0 N–H and O–H groups in total. The SMILES string of the molecule is COc1ccc(-c2csnc2-c2cc(C)c(OC)c(OC)c2)c(OP(=O)([O-])[O-])c1.[Na+].[Na+]. The van der Waals surface area contributed by atoms with Crippen LogP contribution in [0, 0.1) is 6.92 Å². The van der Waals surface area contributed by atoms with Crippen LogP contribution in [-0.4, -0.2) is 25.7 Å². The molecule has 3 rings (SSSR count). The zero-order valence-corrected chi connectivity index (χ0v) is 23.8. The van der Waals surface area contributed by atoms with E-state index in [2.05, 4.69) is 4.37 Å². The minimum Gasteiger partial charge on any atom is -0.780 e. The summed E-state index contributed by atoms with van der Waals surface area (Å²) in [6, 6.07) is 8.27. The second kappa shape index (κ2) is 12.0. The van der Waals surface area contributed by atoms with E-state index < -0.39 is 7.82 Å². The van der Waals surface area contributed by atoms with Crippen molar-refractivity contribution in [3.05, 3.63) is 41.3 Å². The Hall–Kier alpha value is -0.580. The summed E-state index contributed by atoms with van der Waals surface area (Å²) >= 11 is 1.19. The van der Waals surface area contributed by atoms with Gasteiger partial charge in [-0.05, 0) is 48.3 Å². The van der Waals surface area contributed by atoms with Gasteiger partial charge in [-0.25, -0.2) is 0 Å². The second-order valence-corrected chi connectivity index (χ2v) is 7.71. The first kappa shape index (κ1) is 28.5. The fraction of sp³-hybridized carbons (Fsp3) is 0.211. The molecule has 0 spiro atoms. The topological polar surface area (TPSA) is 113 Å². The molecule has 0 atom stereocenters. The molecule has 8 nitrogen and oxygen atoms in total. The molecule has 12 heteroatoms. The summed E-state index contributed by atoms with van der Waals surface area (Å²) in [6.07, 6.45) is 0. The predicted molar refractivity (Wildman–Crippen MR) is 106 cm³/mol. The van der Waals surface area contributed by atoms with E-state index in [9.17, 15) is 14.4 Å². The van der Waals surface area contributed by atoms with Gasteiger partial charge in [-0.2, -0.15) is 4.37 Å². The number of phosphoric ester groups is 1. The van der Waals surface area contributed by atoms with E-state index in [0.717, 1.165) is 11.1 Å². The zero-order valence-electron chi connectivity index (χ0n) is 18.1. The van der Waals surface area contributed by atoms with Crippen molar-refractivity contribution >= 4 is 19.4 Å². The van der Waals surface area contributed by atoms with Gasteiger partial charge in [0, 0.05) is 28.1 Å². The van der Waals surface area contributed by atoms with E-state index in [0.29, 0.717) is 34.1 Å². The van der Waals surface area contributed by atoms with Crippen LogP contribution in [-0.2, 0) is 4.57 Å². The van der Waals surface area contributed by atoms with Crippen molar-refractivity contribution < 1.29 is 92.2 Å². The number of methoxy groups -OCH3 is 3. The van der Waals surface area contributed by atoms with Gasteiger partial charge < -0.3 is 33.1 Å². The summed E-state index contributed by atoms with van der Waals surface area (Å²) in [5, 5.41) is 1.75. The molecule has 3 aromatic rings. The number of ether oxygens (including phenoxy) is 3. The average Bonchev–Trinajstić information content (AvgIpc) is 3.15. The second-order valence-electron chi connectivity index (χ2n) is 6.01. The van der Waals surface area contributed by atoms with Gasteiger partial charge in [-0.3, -0.25) is 0 Å². The van der Waals surface area contributed by atoms with Crippen LogP contribution in [0.1, 0.15) is 5.56 Å². The Morgan fingerprint density at radius 2 is 1.65 bits per heavy atom. The minimum absolute atomic E-state index is 0. The molecule has 0 bridgehead atoms. The summed E-state index contributed by atoms with van der Waals surface area (Å²) in [5.41, 5.74) is 3.17. The van der Waals surface area contributed by atoms with Gasteiger partial charge in [0.1, 0.15) is 19.3 Å². The molecule has 0 aliphatic rings. The molecule has 1 aromatic heterocycles. The van der Waals surface area contributed by atoms with Crippen LogP contribution in [0.25, 0.3) is 22.4 Å². The molecule has 0 aliphatic carbocycles. The van der Waals surface area contributed by atoms with Gasteiger partial charge in [0.05, 0.1) is 27.0 Å². The zero-order chi connectivity index (χ0) is 21.2. The molecular weight excluding hydrogens is 463 g/mol. The number of nitrogens with zero attached hydrogens (tertiary/aromatic N) is 1. The monoisotopic (exact) mass is 481 g/mol. The van der Waals surface area contributed by atoms with Crippen molar-refractivity contribution in [3.8, 4) is 45.4 Å². The Bertz CT molecular complexity index is 1090. The summed E-state index contributed by atoms with van der Waals surface area (Å²) in [6.45, 7) is 1.88. The van der Waals surface area contributed by atoms with Crippen molar-refractivity contribution in [2.75, 3.05) is 21.3 Å². The normalized spacial score (nSPS) is 10.5. The molecule has 0 amide bonds. The van der Waals surface area contributed by atoms with E-state index >= 15 is 0 Å². The minimum atomic E-state index is -5.27. The van der Waals surface area contributed by atoms with Crippen molar-refractivity contribution in [1.29, 1.82) is 0 Å². The molecule has 0 saturated carbocycles. The van der Waals surface area contributed by atoms with Crippen LogP contribution in [0.4, 0.5) is 0 Å². The van der Waals surface area contributed by atoms with Gasteiger partial charge in [-0.15, -0.1) is 0 Å². The number of hydrogen-bond donors (Lipinski definition) is 0. The van der Waals surface area contributed by atoms with E-state index in [1.807, 2.05) is 13.0 Å². The van der Waals surface area contributed by atoms with Gasteiger partial charge in [0.2, 0.25) is 0 Å².